The summed E-state index contributed by atoms with van der Waals surface area (Å²) in [6.07, 6.45) is 2.91. The Hall–Kier alpha value is -1.90. The summed E-state index contributed by atoms with van der Waals surface area (Å²) in [5.41, 5.74) is 1.04. The van der Waals surface area contributed by atoms with E-state index in [-0.39, 0.29) is 5.41 Å². The van der Waals surface area contributed by atoms with Crippen molar-refractivity contribution in [3.63, 3.8) is 0 Å². The molecule has 0 unspecified atom stereocenters. The molecule has 0 radical (unpaired) electrons. The van der Waals surface area contributed by atoms with E-state index in [1.165, 1.54) is 5.56 Å². The number of anilines is 1. The average molecular weight is 255 g/mol. The summed E-state index contributed by atoms with van der Waals surface area (Å²) in [4.78, 5) is 9.08. The molecule has 0 aliphatic carbocycles. The molecule has 0 bridgehead atoms. The summed E-state index contributed by atoms with van der Waals surface area (Å²) < 4.78 is 0. The van der Waals surface area contributed by atoms with Crippen LogP contribution in [0.15, 0.2) is 42.6 Å². The van der Waals surface area contributed by atoms with Gasteiger partial charge in [0.1, 0.15) is 11.6 Å². The van der Waals surface area contributed by atoms with E-state index < -0.39 is 0 Å². The van der Waals surface area contributed by atoms with Crippen molar-refractivity contribution in [3.8, 4) is 0 Å². The van der Waals surface area contributed by atoms with Crippen LogP contribution in [0.4, 0.5) is 5.82 Å². The fourth-order valence-electron chi connectivity index (χ4n) is 2.00. The van der Waals surface area contributed by atoms with Crippen molar-refractivity contribution < 1.29 is 0 Å². The molecule has 100 valence electrons. The lowest BCUT2D eigenvalue weighted by molar-refractivity contribution is 0.590. The zero-order valence-electron chi connectivity index (χ0n) is 11.9. The van der Waals surface area contributed by atoms with E-state index in [0.29, 0.717) is 0 Å². The quantitative estimate of drug-likeness (QED) is 0.886. The van der Waals surface area contributed by atoms with Gasteiger partial charge in [0.15, 0.2) is 0 Å². The Balaban J connectivity index is 2.30. The molecule has 1 N–H and O–H groups in total. The van der Waals surface area contributed by atoms with Crippen molar-refractivity contribution in [1.82, 2.24) is 9.97 Å². The Kier molecular flexibility index (Phi) is 4.15. The molecule has 1 aromatic carbocycles. The third kappa shape index (κ3) is 3.11. The number of rotatable bonds is 5. The van der Waals surface area contributed by atoms with E-state index in [2.05, 4.69) is 60.3 Å². The lowest BCUT2D eigenvalue weighted by atomic mass is 9.84. The van der Waals surface area contributed by atoms with Gasteiger partial charge in [0.05, 0.1) is 0 Å². The minimum Gasteiger partial charge on any atom is -0.370 e. The molecule has 0 spiro atoms. The summed E-state index contributed by atoms with van der Waals surface area (Å²) >= 11 is 0. The van der Waals surface area contributed by atoms with Gasteiger partial charge in [-0.05, 0) is 31.9 Å². The predicted octanol–water partition coefficient (Wildman–Crippen LogP) is 3.62. The fourth-order valence-corrected chi connectivity index (χ4v) is 2.00. The van der Waals surface area contributed by atoms with Crippen LogP contribution in [0.25, 0.3) is 0 Å². The number of benzene rings is 1. The summed E-state index contributed by atoms with van der Waals surface area (Å²) in [5.74, 6) is 1.75. The van der Waals surface area contributed by atoms with Crippen molar-refractivity contribution in [3.05, 3.63) is 54.0 Å². The number of hydrogen-bond acceptors (Lipinski definition) is 3. The van der Waals surface area contributed by atoms with Crippen LogP contribution < -0.4 is 5.32 Å². The first-order valence-electron chi connectivity index (χ1n) is 6.77. The lowest BCUT2D eigenvalue weighted by Gasteiger charge is -2.24. The Morgan fingerprint density at radius 2 is 1.84 bits per heavy atom. The minimum atomic E-state index is -0.189. The molecular formula is C16H21N3. The molecule has 0 amide bonds. The predicted molar refractivity (Wildman–Crippen MR) is 79.4 cm³/mol. The molecule has 2 aromatic rings. The van der Waals surface area contributed by atoms with Crippen LogP contribution in [0.3, 0.4) is 0 Å². The SMILES string of the molecule is CCCNc1ccnc(C(C)(C)c2ccccc2)n1. The van der Waals surface area contributed by atoms with Crippen LogP contribution >= 0.6 is 0 Å². The highest BCUT2D eigenvalue weighted by molar-refractivity contribution is 5.37. The van der Waals surface area contributed by atoms with Crippen molar-refractivity contribution in [1.29, 1.82) is 0 Å². The average Bonchev–Trinajstić information content (AvgIpc) is 2.46. The maximum atomic E-state index is 4.64. The van der Waals surface area contributed by atoms with Gasteiger partial charge in [0.2, 0.25) is 0 Å². The molecule has 2 rings (SSSR count). The summed E-state index contributed by atoms with van der Waals surface area (Å²) in [6.45, 7) is 7.38. The molecule has 0 saturated carbocycles. The first kappa shape index (κ1) is 13.5. The van der Waals surface area contributed by atoms with Gasteiger partial charge in [-0.1, -0.05) is 37.3 Å². The van der Waals surface area contributed by atoms with Crippen LogP contribution in [-0.2, 0) is 5.41 Å². The van der Waals surface area contributed by atoms with Crippen LogP contribution in [0.2, 0.25) is 0 Å². The first-order chi connectivity index (χ1) is 9.14. The highest BCUT2D eigenvalue weighted by Crippen LogP contribution is 2.28. The Morgan fingerprint density at radius 3 is 2.53 bits per heavy atom. The second-order valence-corrected chi connectivity index (χ2v) is 5.18. The lowest BCUT2D eigenvalue weighted by Crippen LogP contribution is -2.22. The summed E-state index contributed by atoms with van der Waals surface area (Å²) in [6, 6.07) is 12.3. The largest absolute Gasteiger partial charge is 0.370 e. The zero-order chi connectivity index (χ0) is 13.7. The van der Waals surface area contributed by atoms with Gasteiger partial charge >= 0.3 is 0 Å². The van der Waals surface area contributed by atoms with Crippen LogP contribution in [0.5, 0.6) is 0 Å². The molecular weight excluding hydrogens is 234 g/mol. The topological polar surface area (TPSA) is 37.8 Å². The van der Waals surface area contributed by atoms with Gasteiger partial charge in [-0.25, -0.2) is 9.97 Å². The third-order valence-corrected chi connectivity index (χ3v) is 3.27. The van der Waals surface area contributed by atoms with Gasteiger partial charge < -0.3 is 5.32 Å². The van der Waals surface area contributed by atoms with Gasteiger partial charge in [0.25, 0.3) is 0 Å². The molecule has 3 nitrogen and oxygen atoms in total. The van der Waals surface area contributed by atoms with E-state index in [1.54, 1.807) is 0 Å². The molecule has 0 aliphatic rings. The second-order valence-electron chi connectivity index (χ2n) is 5.18. The number of aromatic nitrogens is 2. The molecule has 1 heterocycles. The van der Waals surface area contributed by atoms with Crippen LogP contribution in [0.1, 0.15) is 38.6 Å². The highest BCUT2D eigenvalue weighted by atomic mass is 15.0. The van der Waals surface area contributed by atoms with Gasteiger partial charge in [-0.2, -0.15) is 0 Å². The van der Waals surface area contributed by atoms with E-state index in [4.69, 9.17) is 0 Å². The van der Waals surface area contributed by atoms with Gasteiger partial charge in [0, 0.05) is 18.2 Å². The van der Waals surface area contributed by atoms with Crippen molar-refractivity contribution >= 4 is 5.82 Å². The van der Waals surface area contributed by atoms with Crippen LogP contribution in [-0.4, -0.2) is 16.5 Å². The molecule has 0 atom stereocenters. The second kappa shape index (κ2) is 5.83. The normalized spacial score (nSPS) is 11.3. The van der Waals surface area contributed by atoms with Crippen molar-refractivity contribution in [2.24, 2.45) is 0 Å². The Morgan fingerprint density at radius 1 is 1.11 bits per heavy atom. The smallest absolute Gasteiger partial charge is 0.140 e. The molecule has 0 fully saturated rings. The Labute approximate surface area is 115 Å². The molecule has 0 saturated heterocycles. The van der Waals surface area contributed by atoms with Crippen LogP contribution in [0, 0.1) is 0 Å². The van der Waals surface area contributed by atoms with E-state index in [1.807, 2.05) is 18.3 Å². The maximum Gasteiger partial charge on any atom is 0.140 e. The van der Waals surface area contributed by atoms with Gasteiger partial charge in [-0.15, -0.1) is 0 Å². The highest BCUT2D eigenvalue weighted by Gasteiger charge is 2.26. The fraction of sp³-hybridized carbons (Fsp3) is 0.375. The molecule has 0 aliphatic heterocycles. The van der Waals surface area contributed by atoms with Gasteiger partial charge in [-0.3, -0.25) is 0 Å². The van der Waals surface area contributed by atoms with E-state index in [9.17, 15) is 0 Å². The minimum absolute atomic E-state index is 0.189. The molecule has 1 aromatic heterocycles. The maximum absolute atomic E-state index is 4.64. The summed E-state index contributed by atoms with van der Waals surface area (Å²) in [7, 11) is 0. The third-order valence-electron chi connectivity index (χ3n) is 3.27. The monoisotopic (exact) mass is 255 g/mol. The number of hydrogen-bond donors (Lipinski definition) is 1. The summed E-state index contributed by atoms with van der Waals surface area (Å²) in [5, 5.41) is 3.31. The molecule has 19 heavy (non-hydrogen) atoms. The molecule has 3 heteroatoms. The number of nitrogens with zero attached hydrogens (tertiary/aromatic N) is 2. The van der Waals surface area contributed by atoms with Crippen molar-refractivity contribution in [2.45, 2.75) is 32.6 Å². The van der Waals surface area contributed by atoms with Crippen molar-refractivity contribution in [2.75, 3.05) is 11.9 Å². The Bertz CT molecular complexity index is 521. The zero-order valence-corrected chi connectivity index (χ0v) is 11.9. The van der Waals surface area contributed by atoms with E-state index in [0.717, 1.165) is 24.6 Å². The van der Waals surface area contributed by atoms with E-state index >= 15 is 0 Å². The standard InChI is InChI=1S/C16H21N3/c1-4-11-17-14-10-12-18-15(19-14)16(2,3)13-8-6-5-7-9-13/h5-10,12H,4,11H2,1-3H3,(H,17,18,19). The number of nitrogens with one attached hydrogen (secondary N) is 1. The first-order valence-corrected chi connectivity index (χ1v) is 6.77.